The Labute approximate surface area is 129 Å². The van der Waals surface area contributed by atoms with Gasteiger partial charge in [0.1, 0.15) is 0 Å². The van der Waals surface area contributed by atoms with E-state index >= 15 is 0 Å². The second kappa shape index (κ2) is 5.19. The Kier molecular flexibility index (Phi) is 3.04. The van der Waals surface area contributed by atoms with Gasteiger partial charge >= 0.3 is 0 Å². The van der Waals surface area contributed by atoms with E-state index in [9.17, 15) is 4.79 Å². The number of amides is 1. The van der Waals surface area contributed by atoms with Gasteiger partial charge in [-0.2, -0.15) is 0 Å². The molecule has 22 heavy (non-hydrogen) atoms. The number of hydrogen-bond donors (Lipinski definition) is 0. The zero-order valence-electron chi connectivity index (χ0n) is 12.1. The monoisotopic (exact) mass is 288 g/mol. The van der Waals surface area contributed by atoms with E-state index in [0.29, 0.717) is 6.54 Å². The van der Waals surface area contributed by atoms with Crippen molar-refractivity contribution < 1.29 is 4.79 Å². The predicted octanol–water partition coefficient (Wildman–Crippen LogP) is 3.54. The number of carbonyl (C=O) groups excluding carboxylic acids is 1. The maximum atomic E-state index is 11.8. The fourth-order valence-corrected chi connectivity index (χ4v) is 3.27. The third-order valence-electron chi connectivity index (χ3n) is 4.25. The van der Waals surface area contributed by atoms with Crippen molar-refractivity contribution in [3.8, 4) is 5.69 Å². The van der Waals surface area contributed by atoms with E-state index in [0.717, 1.165) is 28.9 Å². The van der Waals surface area contributed by atoms with Crippen LogP contribution in [0.2, 0.25) is 0 Å². The first-order chi connectivity index (χ1) is 10.9. The number of para-hydroxylation sites is 1. The highest BCUT2D eigenvalue weighted by molar-refractivity contribution is 5.55. The number of hydrogen-bond acceptors (Lipinski definition) is 1. The van der Waals surface area contributed by atoms with E-state index < -0.39 is 0 Å². The molecule has 1 atom stereocenters. The summed E-state index contributed by atoms with van der Waals surface area (Å²) in [5.74, 6) is 0. The maximum Gasteiger partial charge on any atom is 0.210 e. The van der Waals surface area contributed by atoms with Gasteiger partial charge in [-0.15, -0.1) is 0 Å². The maximum absolute atomic E-state index is 11.8. The molecule has 1 aliphatic rings. The van der Waals surface area contributed by atoms with Gasteiger partial charge in [-0.1, -0.05) is 48.5 Å². The van der Waals surface area contributed by atoms with Gasteiger partial charge in [0.15, 0.2) is 0 Å². The van der Waals surface area contributed by atoms with Crippen LogP contribution in [0.1, 0.15) is 22.9 Å². The SMILES string of the molecule is O=CN1Cc2ccccc2-n2cccc2[C@@H]1c1ccccc1. The van der Waals surface area contributed by atoms with Crippen molar-refractivity contribution in [1.29, 1.82) is 0 Å². The zero-order valence-corrected chi connectivity index (χ0v) is 12.1. The van der Waals surface area contributed by atoms with Crippen LogP contribution in [0, 0.1) is 0 Å². The third kappa shape index (κ3) is 1.94. The highest BCUT2D eigenvalue weighted by Crippen LogP contribution is 2.35. The van der Waals surface area contributed by atoms with Gasteiger partial charge in [0, 0.05) is 18.4 Å². The number of benzene rings is 2. The zero-order chi connectivity index (χ0) is 14.9. The smallest absolute Gasteiger partial charge is 0.210 e. The van der Waals surface area contributed by atoms with Gasteiger partial charge in [-0.25, -0.2) is 0 Å². The lowest BCUT2D eigenvalue weighted by atomic mass is 10.0. The molecule has 3 heteroatoms. The summed E-state index contributed by atoms with van der Waals surface area (Å²) in [7, 11) is 0. The molecule has 1 amide bonds. The van der Waals surface area contributed by atoms with Crippen molar-refractivity contribution in [2.45, 2.75) is 12.6 Å². The summed E-state index contributed by atoms with van der Waals surface area (Å²) >= 11 is 0. The fraction of sp³-hybridized carbons (Fsp3) is 0.105. The molecule has 3 aromatic rings. The summed E-state index contributed by atoms with van der Waals surface area (Å²) in [5, 5.41) is 0. The number of nitrogens with zero attached hydrogens (tertiary/aromatic N) is 2. The Balaban J connectivity index is 1.96. The van der Waals surface area contributed by atoms with E-state index in [4.69, 9.17) is 0 Å². The Bertz CT molecular complexity index is 807. The summed E-state index contributed by atoms with van der Waals surface area (Å²) in [6.45, 7) is 0.612. The van der Waals surface area contributed by atoms with Crippen LogP contribution in [0.15, 0.2) is 72.9 Å². The first-order valence-corrected chi connectivity index (χ1v) is 7.40. The topological polar surface area (TPSA) is 25.2 Å². The first kappa shape index (κ1) is 12.9. The second-order valence-electron chi connectivity index (χ2n) is 5.52. The second-order valence-corrected chi connectivity index (χ2v) is 5.52. The number of aromatic nitrogens is 1. The van der Waals surface area contributed by atoms with Crippen LogP contribution in [-0.4, -0.2) is 15.9 Å². The summed E-state index contributed by atoms with van der Waals surface area (Å²) in [6, 6.07) is 22.5. The standard InChI is InChI=1S/C19H16N2O/c22-14-20-13-16-9-4-5-10-17(16)21-12-6-11-18(21)19(20)15-7-2-1-3-8-15/h1-12,14,19H,13H2/t19-/m0/s1. The van der Waals surface area contributed by atoms with E-state index in [2.05, 4.69) is 41.1 Å². The van der Waals surface area contributed by atoms with Crippen LogP contribution < -0.4 is 0 Å². The third-order valence-corrected chi connectivity index (χ3v) is 4.25. The minimum Gasteiger partial charge on any atom is -0.328 e. The lowest BCUT2D eigenvalue weighted by Gasteiger charge is -2.27. The van der Waals surface area contributed by atoms with E-state index in [1.807, 2.05) is 41.3 Å². The van der Waals surface area contributed by atoms with Gasteiger partial charge in [0.25, 0.3) is 0 Å². The summed E-state index contributed by atoms with van der Waals surface area (Å²) in [6.07, 6.45) is 3.02. The molecule has 0 spiro atoms. The molecule has 0 unspecified atom stereocenters. The quantitative estimate of drug-likeness (QED) is 0.662. The summed E-state index contributed by atoms with van der Waals surface area (Å²) in [4.78, 5) is 13.6. The van der Waals surface area contributed by atoms with Crippen molar-refractivity contribution in [3.05, 3.63) is 89.7 Å². The molecule has 0 saturated heterocycles. The molecule has 2 aromatic carbocycles. The van der Waals surface area contributed by atoms with E-state index in [1.165, 1.54) is 0 Å². The molecule has 3 nitrogen and oxygen atoms in total. The van der Waals surface area contributed by atoms with E-state index in [1.54, 1.807) is 0 Å². The first-order valence-electron chi connectivity index (χ1n) is 7.40. The molecule has 0 bridgehead atoms. The van der Waals surface area contributed by atoms with Gasteiger partial charge in [-0.05, 0) is 29.3 Å². The van der Waals surface area contributed by atoms with Gasteiger partial charge < -0.3 is 9.47 Å². The number of carbonyl (C=O) groups is 1. The molecule has 108 valence electrons. The van der Waals surface area contributed by atoms with Crippen LogP contribution in [0.4, 0.5) is 0 Å². The molecule has 1 aromatic heterocycles. The number of rotatable bonds is 2. The predicted molar refractivity (Wildman–Crippen MR) is 85.7 cm³/mol. The number of fused-ring (bicyclic) bond motifs is 3. The molecule has 0 N–H and O–H groups in total. The van der Waals surface area contributed by atoms with Crippen LogP contribution in [-0.2, 0) is 11.3 Å². The van der Waals surface area contributed by atoms with Crippen molar-refractivity contribution in [2.24, 2.45) is 0 Å². The van der Waals surface area contributed by atoms with Crippen LogP contribution >= 0.6 is 0 Å². The van der Waals surface area contributed by atoms with Crippen molar-refractivity contribution in [2.75, 3.05) is 0 Å². The molecular formula is C19H16N2O. The lowest BCUT2D eigenvalue weighted by Crippen LogP contribution is -2.27. The molecule has 4 rings (SSSR count). The largest absolute Gasteiger partial charge is 0.328 e. The van der Waals surface area contributed by atoms with Crippen LogP contribution in [0.25, 0.3) is 5.69 Å². The molecule has 0 aliphatic carbocycles. The summed E-state index contributed by atoms with van der Waals surface area (Å²) in [5.41, 5.74) is 4.55. The lowest BCUT2D eigenvalue weighted by molar-refractivity contribution is -0.120. The molecule has 0 fully saturated rings. The van der Waals surface area contributed by atoms with Crippen molar-refractivity contribution in [1.82, 2.24) is 9.47 Å². The Hall–Kier alpha value is -2.81. The van der Waals surface area contributed by atoms with Crippen LogP contribution in [0.3, 0.4) is 0 Å². The van der Waals surface area contributed by atoms with Gasteiger partial charge in [0.2, 0.25) is 6.41 Å². The van der Waals surface area contributed by atoms with Gasteiger partial charge in [-0.3, -0.25) is 4.79 Å². The van der Waals surface area contributed by atoms with Crippen molar-refractivity contribution >= 4 is 6.41 Å². The molecule has 0 saturated carbocycles. The van der Waals surface area contributed by atoms with Gasteiger partial charge in [0.05, 0.1) is 11.7 Å². The molecule has 1 aliphatic heterocycles. The highest BCUT2D eigenvalue weighted by atomic mass is 16.1. The summed E-state index contributed by atoms with van der Waals surface area (Å²) < 4.78 is 2.19. The van der Waals surface area contributed by atoms with Crippen LogP contribution in [0.5, 0.6) is 0 Å². The normalized spacial score (nSPS) is 16.5. The van der Waals surface area contributed by atoms with Crippen molar-refractivity contribution in [3.63, 3.8) is 0 Å². The average molecular weight is 288 g/mol. The minimum absolute atomic E-state index is 0.0684. The fourth-order valence-electron chi connectivity index (χ4n) is 3.27. The molecule has 2 heterocycles. The minimum atomic E-state index is -0.0684. The average Bonchev–Trinajstić information content (AvgIpc) is 3.00. The van der Waals surface area contributed by atoms with E-state index in [-0.39, 0.29) is 6.04 Å². The Morgan fingerprint density at radius 2 is 1.68 bits per heavy atom. The Morgan fingerprint density at radius 1 is 0.909 bits per heavy atom. The Morgan fingerprint density at radius 3 is 2.50 bits per heavy atom. The highest BCUT2D eigenvalue weighted by Gasteiger charge is 2.28. The molecular weight excluding hydrogens is 272 g/mol. The molecule has 0 radical (unpaired) electrons.